The van der Waals surface area contributed by atoms with Crippen LogP contribution in [0.2, 0.25) is 0 Å². The van der Waals surface area contributed by atoms with Gasteiger partial charge >= 0.3 is 0 Å². The molecule has 1 heterocycles. The molecule has 0 amide bonds. The molecule has 4 heteroatoms. The molecule has 1 aromatic heterocycles. The standard InChI is InChI=1S/C11H17NO2S/c1-8-6-10(11(13)7-15)9(2)12(8)4-5-14-3/h6,15H,4-5,7H2,1-3H3. The van der Waals surface area contributed by atoms with Crippen LogP contribution in [0.15, 0.2) is 6.07 Å². The van der Waals surface area contributed by atoms with Crippen LogP contribution in [-0.2, 0) is 11.3 Å². The van der Waals surface area contributed by atoms with E-state index in [1.807, 2.05) is 19.9 Å². The van der Waals surface area contributed by atoms with E-state index in [4.69, 9.17) is 4.74 Å². The number of aromatic nitrogens is 1. The highest BCUT2D eigenvalue weighted by atomic mass is 32.1. The van der Waals surface area contributed by atoms with Gasteiger partial charge in [-0.05, 0) is 19.9 Å². The Bertz CT molecular complexity index is 358. The fourth-order valence-corrected chi connectivity index (χ4v) is 1.87. The normalized spacial score (nSPS) is 10.7. The van der Waals surface area contributed by atoms with Crippen LogP contribution in [0, 0.1) is 13.8 Å². The Balaban J connectivity index is 2.98. The van der Waals surface area contributed by atoms with Crippen molar-refractivity contribution in [3.05, 3.63) is 23.0 Å². The highest BCUT2D eigenvalue weighted by Gasteiger charge is 2.13. The number of thiol groups is 1. The average Bonchev–Trinajstić information content (AvgIpc) is 2.51. The van der Waals surface area contributed by atoms with Crippen LogP contribution in [0.4, 0.5) is 0 Å². The molecule has 0 saturated carbocycles. The predicted molar refractivity (Wildman–Crippen MR) is 64.0 cm³/mol. The lowest BCUT2D eigenvalue weighted by Gasteiger charge is -2.08. The van der Waals surface area contributed by atoms with Crippen molar-refractivity contribution in [2.24, 2.45) is 0 Å². The van der Waals surface area contributed by atoms with Crippen LogP contribution in [0.1, 0.15) is 21.7 Å². The fraction of sp³-hybridized carbons (Fsp3) is 0.545. The third kappa shape index (κ3) is 2.63. The van der Waals surface area contributed by atoms with Crippen molar-refractivity contribution in [3.8, 4) is 0 Å². The highest BCUT2D eigenvalue weighted by Crippen LogP contribution is 2.15. The molecule has 0 spiro atoms. The van der Waals surface area contributed by atoms with Crippen molar-refractivity contribution in [1.29, 1.82) is 0 Å². The lowest BCUT2D eigenvalue weighted by Crippen LogP contribution is -2.09. The Labute approximate surface area is 95.8 Å². The van der Waals surface area contributed by atoms with Gasteiger partial charge in [0.25, 0.3) is 0 Å². The molecule has 1 rings (SSSR count). The number of aryl methyl sites for hydroxylation is 1. The van der Waals surface area contributed by atoms with Crippen molar-refractivity contribution in [3.63, 3.8) is 0 Å². The number of Topliss-reactive ketones (excluding diaryl/α,β-unsaturated/α-hetero) is 1. The molecule has 0 aliphatic carbocycles. The molecule has 0 N–H and O–H groups in total. The molecule has 0 unspecified atom stereocenters. The number of carbonyl (C=O) groups excluding carboxylic acids is 1. The van der Waals surface area contributed by atoms with E-state index in [0.29, 0.717) is 6.61 Å². The van der Waals surface area contributed by atoms with Crippen LogP contribution in [0.25, 0.3) is 0 Å². The third-order valence-corrected chi connectivity index (χ3v) is 2.82. The lowest BCUT2D eigenvalue weighted by molar-refractivity contribution is 0.102. The number of rotatable bonds is 5. The van der Waals surface area contributed by atoms with Gasteiger partial charge in [-0.3, -0.25) is 4.79 Å². The van der Waals surface area contributed by atoms with Gasteiger partial charge in [0.05, 0.1) is 12.4 Å². The molecule has 0 aliphatic heterocycles. The highest BCUT2D eigenvalue weighted by molar-refractivity contribution is 7.81. The number of nitrogens with zero attached hydrogens (tertiary/aromatic N) is 1. The van der Waals surface area contributed by atoms with E-state index in [2.05, 4.69) is 17.2 Å². The number of hydrogen-bond acceptors (Lipinski definition) is 3. The average molecular weight is 227 g/mol. The van der Waals surface area contributed by atoms with Crippen LogP contribution in [-0.4, -0.2) is 29.8 Å². The van der Waals surface area contributed by atoms with Crippen molar-refractivity contribution >= 4 is 18.4 Å². The Morgan fingerprint density at radius 2 is 2.20 bits per heavy atom. The first-order valence-corrected chi connectivity index (χ1v) is 5.54. The molecule has 0 bridgehead atoms. The summed E-state index contributed by atoms with van der Waals surface area (Å²) in [7, 11) is 1.67. The van der Waals surface area contributed by atoms with Crippen LogP contribution in [0.5, 0.6) is 0 Å². The summed E-state index contributed by atoms with van der Waals surface area (Å²) in [6, 6.07) is 1.92. The molecule has 0 atom stereocenters. The number of ether oxygens (including phenoxy) is 1. The number of carbonyl (C=O) groups is 1. The second-order valence-corrected chi connectivity index (χ2v) is 3.83. The molecule has 0 aliphatic rings. The Kier molecular flexibility index (Phi) is 4.42. The van der Waals surface area contributed by atoms with Gasteiger partial charge in [-0.2, -0.15) is 12.6 Å². The van der Waals surface area contributed by atoms with Gasteiger partial charge in [0.15, 0.2) is 5.78 Å². The first-order chi connectivity index (χ1) is 7.11. The Morgan fingerprint density at radius 3 is 2.73 bits per heavy atom. The van der Waals surface area contributed by atoms with Gasteiger partial charge in [-0.15, -0.1) is 0 Å². The van der Waals surface area contributed by atoms with E-state index >= 15 is 0 Å². The van der Waals surface area contributed by atoms with E-state index < -0.39 is 0 Å². The van der Waals surface area contributed by atoms with Crippen LogP contribution < -0.4 is 0 Å². The van der Waals surface area contributed by atoms with E-state index in [-0.39, 0.29) is 11.5 Å². The Hall–Kier alpha value is -0.740. The summed E-state index contributed by atoms with van der Waals surface area (Å²) in [5.74, 6) is 0.337. The monoisotopic (exact) mass is 227 g/mol. The third-order valence-electron chi connectivity index (χ3n) is 2.54. The number of methoxy groups -OCH3 is 1. The molecule has 1 aromatic rings. The van der Waals surface area contributed by atoms with Crippen LogP contribution >= 0.6 is 12.6 Å². The molecule has 0 aromatic carbocycles. The van der Waals surface area contributed by atoms with Gasteiger partial charge in [0.1, 0.15) is 0 Å². The SMILES string of the molecule is COCCn1c(C)cc(C(=O)CS)c1C. The van der Waals surface area contributed by atoms with Crippen molar-refractivity contribution in [2.75, 3.05) is 19.5 Å². The number of hydrogen-bond donors (Lipinski definition) is 1. The number of ketones is 1. The molecule has 0 radical (unpaired) electrons. The molecule has 0 fully saturated rings. The maximum absolute atomic E-state index is 11.6. The second-order valence-electron chi connectivity index (χ2n) is 3.51. The smallest absolute Gasteiger partial charge is 0.174 e. The van der Waals surface area contributed by atoms with Gasteiger partial charge in [-0.1, -0.05) is 0 Å². The Morgan fingerprint density at radius 1 is 1.53 bits per heavy atom. The van der Waals surface area contributed by atoms with Gasteiger partial charge in [0, 0.05) is 30.6 Å². The molecule has 15 heavy (non-hydrogen) atoms. The minimum absolute atomic E-state index is 0.0788. The van der Waals surface area contributed by atoms with E-state index in [9.17, 15) is 4.79 Å². The summed E-state index contributed by atoms with van der Waals surface area (Å²) < 4.78 is 7.13. The predicted octanol–water partition coefficient (Wildman–Crippen LogP) is 1.86. The molecule has 84 valence electrons. The second kappa shape index (κ2) is 5.37. The van der Waals surface area contributed by atoms with E-state index in [1.165, 1.54) is 0 Å². The largest absolute Gasteiger partial charge is 0.383 e. The first-order valence-electron chi connectivity index (χ1n) is 4.91. The van der Waals surface area contributed by atoms with Crippen molar-refractivity contribution in [1.82, 2.24) is 4.57 Å². The van der Waals surface area contributed by atoms with Gasteiger partial charge in [0.2, 0.25) is 0 Å². The summed E-state index contributed by atoms with van der Waals surface area (Å²) in [6.45, 7) is 5.40. The zero-order valence-corrected chi connectivity index (χ0v) is 10.3. The van der Waals surface area contributed by atoms with Gasteiger partial charge in [-0.25, -0.2) is 0 Å². The van der Waals surface area contributed by atoms with Crippen molar-refractivity contribution in [2.45, 2.75) is 20.4 Å². The van der Waals surface area contributed by atoms with Gasteiger partial charge < -0.3 is 9.30 Å². The topological polar surface area (TPSA) is 31.2 Å². The zero-order valence-electron chi connectivity index (χ0n) is 9.41. The summed E-state index contributed by atoms with van der Waals surface area (Å²) >= 11 is 4.00. The molecule has 0 saturated heterocycles. The molecule has 3 nitrogen and oxygen atoms in total. The maximum atomic E-state index is 11.6. The van der Waals surface area contributed by atoms with E-state index in [0.717, 1.165) is 23.5 Å². The minimum atomic E-state index is 0.0788. The summed E-state index contributed by atoms with van der Waals surface area (Å²) in [6.07, 6.45) is 0. The quantitative estimate of drug-likeness (QED) is 0.615. The molecular formula is C11H17NO2S. The molecular weight excluding hydrogens is 210 g/mol. The minimum Gasteiger partial charge on any atom is -0.383 e. The van der Waals surface area contributed by atoms with E-state index in [1.54, 1.807) is 7.11 Å². The maximum Gasteiger partial charge on any atom is 0.174 e. The summed E-state index contributed by atoms with van der Waals surface area (Å²) in [5.41, 5.74) is 2.87. The van der Waals surface area contributed by atoms with Crippen LogP contribution in [0.3, 0.4) is 0 Å². The summed E-state index contributed by atoms with van der Waals surface area (Å²) in [4.78, 5) is 11.6. The van der Waals surface area contributed by atoms with Crippen molar-refractivity contribution < 1.29 is 9.53 Å². The summed E-state index contributed by atoms with van der Waals surface area (Å²) in [5, 5.41) is 0. The first kappa shape index (κ1) is 12.3. The zero-order chi connectivity index (χ0) is 11.4. The fourth-order valence-electron chi connectivity index (χ4n) is 1.70. The lowest BCUT2D eigenvalue weighted by atomic mass is 10.2.